The van der Waals surface area contributed by atoms with Crippen LogP contribution in [0.25, 0.3) is 0 Å². The van der Waals surface area contributed by atoms with Gasteiger partial charge in [-0.1, -0.05) is 77.2 Å². The molecule has 7 heteroatoms. The Bertz CT molecular complexity index is 926. The van der Waals surface area contributed by atoms with E-state index in [9.17, 15) is 4.79 Å². The van der Waals surface area contributed by atoms with E-state index in [-0.39, 0.29) is 17.2 Å². The van der Waals surface area contributed by atoms with E-state index < -0.39 is 0 Å². The monoisotopic (exact) mass is 415 g/mol. The topological polar surface area (TPSA) is 46.1 Å². The molecule has 0 radical (unpaired) electrons. The van der Waals surface area contributed by atoms with Gasteiger partial charge in [0.15, 0.2) is 4.34 Å². The highest BCUT2D eigenvalue weighted by Crippen LogP contribution is 2.44. The molecule has 1 saturated carbocycles. The minimum Gasteiger partial charge on any atom is -0.284 e. The maximum atomic E-state index is 12.0. The molecule has 27 heavy (non-hydrogen) atoms. The molecular weight excluding hydrogens is 398 g/mol. The summed E-state index contributed by atoms with van der Waals surface area (Å²) in [6.07, 6.45) is 2.08. The zero-order valence-corrected chi connectivity index (χ0v) is 17.1. The van der Waals surface area contributed by atoms with Crippen molar-refractivity contribution in [2.75, 3.05) is 4.90 Å². The molecule has 1 heterocycles. The van der Waals surface area contributed by atoms with Gasteiger partial charge < -0.3 is 0 Å². The zero-order valence-electron chi connectivity index (χ0n) is 14.7. The van der Waals surface area contributed by atoms with Crippen LogP contribution in [-0.2, 0) is 4.79 Å². The molecule has 1 aliphatic rings. The quantitative estimate of drug-likeness (QED) is 0.389. The van der Waals surface area contributed by atoms with E-state index in [0.717, 1.165) is 27.8 Å². The third kappa shape index (κ3) is 4.34. The number of benzene rings is 2. The van der Waals surface area contributed by atoms with E-state index in [0.29, 0.717) is 5.13 Å². The van der Waals surface area contributed by atoms with E-state index >= 15 is 0 Å². The van der Waals surface area contributed by atoms with Crippen LogP contribution in [0.2, 0.25) is 5.02 Å². The third-order valence-electron chi connectivity index (χ3n) is 4.35. The standard InChI is InChI=1S/C20H18ClN3OS2/c1-13(25)24(17-11-12-17)19-22-23-20(27-19)26-18(14-5-3-2-4-6-14)15-7-9-16(21)10-8-15/h2-10,17-18H,11-12H2,1H3. The molecule has 2 aromatic carbocycles. The van der Waals surface area contributed by atoms with Crippen molar-refractivity contribution < 1.29 is 4.79 Å². The number of carbonyl (C=O) groups is 1. The smallest absolute Gasteiger partial charge is 0.225 e. The van der Waals surface area contributed by atoms with Crippen LogP contribution in [0.3, 0.4) is 0 Å². The number of halogens is 1. The van der Waals surface area contributed by atoms with Gasteiger partial charge in [-0.05, 0) is 36.1 Å². The van der Waals surface area contributed by atoms with E-state index in [4.69, 9.17) is 11.6 Å². The van der Waals surface area contributed by atoms with Crippen LogP contribution in [0.15, 0.2) is 58.9 Å². The molecule has 3 aromatic rings. The summed E-state index contributed by atoms with van der Waals surface area (Å²) >= 11 is 9.19. The van der Waals surface area contributed by atoms with Gasteiger partial charge in [0.1, 0.15) is 0 Å². The van der Waals surface area contributed by atoms with Crippen molar-refractivity contribution in [3.63, 3.8) is 0 Å². The number of anilines is 1. The number of hydrogen-bond donors (Lipinski definition) is 0. The fraction of sp³-hybridized carbons (Fsp3) is 0.250. The molecule has 1 unspecified atom stereocenters. The number of thioether (sulfide) groups is 1. The zero-order chi connectivity index (χ0) is 18.8. The maximum absolute atomic E-state index is 12.0. The van der Waals surface area contributed by atoms with Crippen LogP contribution in [0.5, 0.6) is 0 Å². The van der Waals surface area contributed by atoms with Gasteiger partial charge >= 0.3 is 0 Å². The molecule has 0 aliphatic heterocycles. The summed E-state index contributed by atoms with van der Waals surface area (Å²) in [5.41, 5.74) is 2.34. The molecule has 0 saturated heterocycles. The van der Waals surface area contributed by atoms with E-state index in [1.807, 2.05) is 42.5 Å². The van der Waals surface area contributed by atoms with Gasteiger partial charge in [-0.15, -0.1) is 10.2 Å². The Hall–Kier alpha value is -1.89. The van der Waals surface area contributed by atoms with E-state index in [2.05, 4.69) is 22.3 Å². The minimum atomic E-state index is 0.0301. The number of amides is 1. The van der Waals surface area contributed by atoms with Crippen LogP contribution >= 0.6 is 34.7 Å². The number of nitrogens with zero attached hydrogens (tertiary/aromatic N) is 3. The van der Waals surface area contributed by atoms with E-state index in [1.165, 1.54) is 16.9 Å². The first-order valence-electron chi connectivity index (χ1n) is 8.72. The van der Waals surface area contributed by atoms with Crippen LogP contribution in [0.4, 0.5) is 5.13 Å². The summed E-state index contributed by atoms with van der Waals surface area (Å²) in [6.45, 7) is 1.59. The Morgan fingerprint density at radius 3 is 2.41 bits per heavy atom. The molecule has 4 nitrogen and oxygen atoms in total. The Kier molecular flexibility index (Phi) is 5.48. The highest BCUT2D eigenvalue weighted by Gasteiger charge is 2.34. The lowest BCUT2D eigenvalue weighted by Gasteiger charge is -2.17. The highest BCUT2D eigenvalue weighted by atomic mass is 35.5. The number of rotatable bonds is 6. The highest BCUT2D eigenvalue weighted by molar-refractivity contribution is 8.01. The predicted octanol–water partition coefficient (Wildman–Crippen LogP) is 5.59. The van der Waals surface area contributed by atoms with Crippen molar-refractivity contribution in [3.8, 4) is 0 Å². The summed E-state index contributed by atoms with van der Waals surface area (Å²) in [5, 5.41) is 10.1. The lowest BCUT2D eigenvalue weighted by Crippen LogP contribution is -2.30. The second kappa shape index (κ2) is 8.00. The minimum absolute atomic E-state index is 0.0301. The molecular formula is C20H18ClN3OS2. The number of aromatic nitrogens is 2. The second-order valence-electron chi connectivity index (χ2n) is 6.43. The first kappa shape index (κ1) is 18.5. The number of hydrogen-bond acceptors (Lipinski definition) is 5. The Labute approximate surface area is 171 Å². The molecule has 0 spiro atoms. The average molecular weight is 416 g/mol. The summed E-state index contributed by atoms with van der Waals surface area (Å²) in [5.74, 6) is 0.0301. The Balaban J connectivity index is 1.62. The molecule has 1 fully saturated rings. The third-order valence-corrected chi connectivity index (χ3v) is 6.92. The molecule has 1 aliphatic carbocycles. The molecule has 4 rings (SSSR count). The van der Waals surface area contributed by atoms with Crippen molar-refractivity contribution in [2.24, 2.45) is 0 Å². The summed E-state index contributed by atoms with van der Waals surface area (Å²) in [6, 6.07) is 18.5. The summed E-state index contributed by atoms with van der Waals surface area (Å²) in [7, 11) is 0. The van der Waals surface area contributed by atoms with Crippen molar-refractivity contribution in [2.45, 2.75) is 35.4 Å². The number of carbonyl (C=O) groups excluding carboxylic acids is 1. The van der Waals surface area contributed by atoms with Crippen molar-refractivity contribution in [1.29, 1.82) is 0 Å². The van der Waals surface area contributed by atoms with Gasteiger partial charge in [-0.2, -0.15) is 0 Å². The van der Waals surface area contributed by atoms with Gasteiger partial charge in [0.25, 0.3) is 0 Å². The predicted molar refractivity (Wildman–Crippen MR) is 112 cm³/mol. The largest absolute Gasteiger partial charge is 0.284 e. The van der Waals surface area contributed by atoms with Gasteiger partial charge in [0.2, 0.25) is 11.0 Å². The van der Waals surface area contributed by atoms with Gasteiger partial charge in [-0.3, -0.25) is 9.69 Å². The van der Waals surface area contributed by atoms with Crippen LogP contribution < -0.4 is 4.90 Å². The Morgan fingerprint density at radius 1 is 1.11 bits per heavy atom. The molecule has 138 valence electrons. The molecule has 0 N–H and O–H groups in total. The molecule has 0 bridgehead atoms. The van der Waals surface area contributed by atoms with Crippen LogP contribution in [0, 0.1) is 0 Å². The van der Waals surface area contributed by atoms with Gasteiger partial charge in [0, 0.05) is 18.0 Å². The van der Waals surface area contributed by atoms with Crippen LogP contribution in [0.1, 0.15) is 36.1 Å². The SMILES string of the molecule is CC(=O)N(c1nnc(SC(c2ccccc2)c2ccc(Cl)cc2)s1)C1CC1. The fourth-order valence-corrected chi connectivity index (χ4v) is 5.33. The fourth-order valence-electron chi connectivity index (χ4n) is 2.92. The van der Waals surface area contributed by atoms with Gasteiger partial charge in [0.05, 0.1) is 5.25 Å². The van der Waals surface area contributed by atoms with Gasteiger partial charge in [-0.25, -0.2) is 0 Å². The van der Waals surface area contributed by atoms with Crippen molar-refractivity contribution in [1.82, 2.24) is 10.2 Å². The molecule has 1 atom stereocenters. The summed E-state index contributed by atoms with van der Waals surface area (Å²) < 4.78 is 0.848. The summed E-state index contributed by atoms with van der Waals surface area (Å²) in [4.78, 5) is 13.8. The lowest BCUT2D eigenvalue weighted by atomic mass is 10.0. The van der Waals surface area contributed by atoms with Crippen molar-refractivity contribution >= 4 is 45.7 Å². The Morgan fingerprint density at radius 2 is 1.78 bits per heavy atom. The lowest BCUT2D eigenvalue weighted by molar-refractivity contribution is -0.116. The average Bonchev–Trinajstić information content (AvgIpc) is 3.39. The maximum Gasteiger partial charge on any atom is 0.225 e. The first-order chi connectivity index (χ1) is 13.1. The van der Waals surface area contributed by atoms with Crippen molar-refractivity contribution in [3.05, 3.63) is 70.7 Å². The molecule has 1 amide bonds. The molecule has 1 aromatic heterocycles. The normalized spacial score (nSPS) is 14.7. The van der Waals surface area contributed by atoms with Crippen LogP contribution in [-0.4, -0.2) is 22.1 Å². The first-order valence-corrected chi connectivity index (χ1v) is 10.8. The second-order valence-corrected chi connectivity index (χ2v) is 9.18. The van der Waals surface area contributed by atoms with E-state index in [1.54, 1.807) is 23.6 Å².